The first-order valence-corrected chi connectivity index (χ1v) is 7.69. The molecule has 5 heteroatoms. The summed E-state index contributed by atoms with van der Waals surface area (Å²) in [7, 11) is 0. The van der Waals surface area contributed by atoms with Crippen LogP contribution in [0.4, 0.5) is 0 Å². The monoisotopic (exact) mass is 284 g/mol. The molecule has 1 fully saturated rings. The van der Waals surface area contributed by atoms with Gasteiger partial charge in [0.15, 0.2) is 0 Å². The second kappa shape index (κ2) is 8.25. The fourth-order valence-electron chi connectivity index (χ4n) is 2.85. The van der Waals surface area contributed by atoms with E-state index in [0.717, 1.165) is 12.8 Å². The van der Waals surface area contributed by atoms with Gasteiger partial charge in [-0.25, -0.2) is 0 Å². The molecule has 5 nitrogen and oxygen atoms in total. The molecular weight excluding hydrogens is 256 g/mol. The van der Waals surface area contributed by atoms with Gasteiger partial charge in [-0.2, -0.15) is 0 Å². The number of amides is 1. The average Bonchev–Trinajstić information content (AvgIpc) is 2.85. The minimum absolute atomic E-state index is 0.0703. The maximum absolute atomic E-state index is 12.3. The molecule has 116 valence electrons. The number of carboxylic acids is 1. The second-order valence-electron chi connectivity index (χ2n) is 5.99. The quantitative estimate of drug-likeness (QED) is 0.715. The number of hydrogen-bond donors (Lipinski definition) is 2. The molecule has 1 atom stereocenters. The number of nitrogens with one attached hydrogen (secondary N) is 1. The molecule has 0 spiro atoms. The van der Waals surface area contributed by atoms with Gasteiger partial charge >= 0.3 is 5.97 Å². The standard InChI is InChI=1S/C15H28N2O3/c1-11(2)17(10-6-9-14(18)19)12(3)15(20)16-13-7-4-5-8-13/h11-13H,4-10H2,1-3H3,(H,16,20)(H,18,19). The zero-order valence-electron chi connectivity index (χ0n) is 12.9. The third-order valence-electron chi connectivity index (χ3n) is 4.05. The highest BCUT2D eigenvalue weighted by Crippen LogP contribution is 2.18. The summed E-state index contributed by atoms with van der Waals surface area (Å²) in [5.41, 5.74) is 0. The van der Waals surface area contributed by atoms with Gasteiger partial charge in [-0.15, -0.1) is 0 Å². The molecule has 20 heavy (non-hydrogen) atoms. The van der Waals surface area contributed by atoms with Crippen molar-refractivity contribution in [2.45, 2.75) is 77.4 Å². The first-order chi connectivity index (χ1) is 9.41. The molecule has 1 saturated carbocycles. The largest absolute Gasteiger partial charge is 0.481 e. The fraction of sp³-hybridized carbons (Fsp3) is 0.867. The first kappa shape index (κ1) is 17.0. The maximum atomic E-state index is 12.3. The summed E-state index contributed by atoms with van der Waals surface area (Å²) in [4.78, 5) is 24.9. The molecule has 1 aliphatic rings. The van der Waals surface area contributed by atoms with Crippen LogP contribution in [-0.2, 0) is 9.59 Å². The molecule has 1 amide bonds. The highest BCUT2D eigenvalue weighted by molar-refractivity contribution is 5.81. The topological polar surface area (TPSA) is 69.6 Å². The molecule has 2 N–H and O–H groups in total. The van der Waals surface area contributed by atoms with E-state index in [4.69, 9.17) is 5.11 Å². The van der Waals surface area contributed by atoms with Crippen LogP contribution in [0.2, 0.25) is 0 Å². The summed E-state index contributed by atoms with van der Waals surface area (Å²) in [6.45, 7) is 6.63. The van der Waals surface area contributed by atoms with E-state index in [-0.39, 0.29) is 24.4 Å². The van der Waals surface area contributed by atoms with Gasteiger partial charge in [0.05, 0.1) is 6.04 Å². The first-order valence-electron chi connectivity index (χ1n) is 7.69. The molecule has 0 heterocycles. The molecule has 0 aromatic heterocycles. The molecule has 1 unspecified atom stereocenters. The molecule has 0 bridgehead atoms. The van der Waals surface area contributed by atoms with Crippen LogP contribution in [0.15, 0.2) is 0 Å². The Bertz CT molecular complexity index is 325. The zero-order chi connectivity index (χ0) is 15.1. The predicted molar refractivity (Wildman–Crippen MR) is 78.6 cm³/mol. The SMILES string of the molecule is CC(C)N(CCCC(=O)O)C(C)C(=O)NC1CCCC1. The summed E-state index contributed by atoms with van der Waals surface area (Å²) in [5.74, 6) is -0.710. The van der Waals surface area contributed by atoms with E-state index in [1.165, 1.54) is 12.8 Å². The molecule has 0 saturated heterocycles. The molecule has 1 aliphatic carbocycles. The van der Waals surface area contributed by atoms with E-state index < -0.39 is 5.97 Å². The van der Waals surface area contributed by atoms with Crippen LogP contribution >= 0.6 is 0 Å². The third kappa shape index (κ3) is 5.49. The van der Waals surface area contributed by atoms with Crippen LogP contribution < -0.4 is 5.32 Å². The normalized spacial score (nSPS) is 17.6. The Morgan fingerprint density at radius 3 is 2.35 bits per heavy atom. The van der Waals surface area contributed by atoms with Crippen molar-refractivity contribution in [3.8, 4) is 0 Å². The van der Waals surface area contributed by atoms with Crippen molar-refractivity contribution in [1.29, 1.82) is 0 Å². The van der Waals surface area contributed by atoms with Gasteiger partial charge < -0.3 is 10.4 Å². The Balaban J connectivity index is 2.46. The van der Waals surface area contributed by atoms with Gasteiger partial charge in [0.25, 0.3) is 0 Å². The van der Waals surface area contributed by atoms with Crippen molar-refractivity contribution in [2.75, 3.05) is 6.54 Å². The lowest BCUT2D eigenvalue weighted by atomic mass is 10.1. The van der Waals surface area contributed by atoms with E-state index in [1.807, 2.05) is 20.8 Å². The zero-order valence-corrected chi connectivity index (χ0v) is 12.9. The number of hydrogen-bond acceptors (Lipinski definition) is 3. The lowest BCUT2D eigenvalue weighted by Gasteiger charge is -2.32. The van der Waals surface area contributed by atoms with E-state index in [1.54, 1.807) is 0 Å². The van der Waals surface area contributed by atoms with Crippen LogP contribution in [0.25, 0.3) is 0 Å². The number of aliphatic carboxylic acids is 1. The Morgan fingerprint density at radius 2 is 1.85 bits per heavy atom. The van der Waals surface area contributed by atoms with E-state index >= 15 is 0 Å². The van der Waals surface area contributed by atoms with Crippen LogP contribution in [0, 0.1) is 0 Å². The Labute approximate surface area is 121 Å². The summed E-state index contributed by atoms with van der Waals surface area (Å²) >= 11 is 0. The van der Waals surface area contributed by atoms with Gasteiger partial charge in [-0.1, -0.05) is 12.8 Å². The van der Waals surface area contributed by atoms with Crippen molar-refractivity contribution < 1.29 is 14.7 Å². The van der Waals surface area contributed by atoms with Crippen LogP contribution in [0.3, 0.4) is 0 Å². The molecule has 0 aromatic carbocycles. The summed E-state index contributed by atoms with van der Waals surface area (Å²) in [6, 6.07) is 0.357. The average molecular weight is 284 g/mol. The highest BCUT2D eigenvalue weighted by atomic mass is 16.4. The smallest absolute Gasteiger partial charge is 0.303 e. The van der Waals surface area contributed by atoms with Crippen LogP contribution in [0.5, 0.6) is 0 Å². The molecule has 0 radical (unpaired) electrons. The number of carbonyl (C=O) groups is 2. The van der Waals surface area contributed by atoms with Gasteiger partial charge in [0.1, 0.15) is 0 Å². The summed E-state index contributed by atoms with van der Waals surface area (Å²) in [5, 5.41) is 11.8. The Hall–Kier alpha value is -1.10. The third-order valence-corrected chi connectivity index (χ3v) is 4.05. The lowest BCUT2D eigenvalue weighted by molar-refractivity contribution is -0.137. The Morgan fingerprint density at radius 1 is 1.25 bits per heavy atom. The lowest BCUT2D eigenvalue weighted by Crippen LogP contribution is -2.50. The van der Waals surface area contributed by atoms with E-state index in [9.17, 15) is 9.59 Å². The number of rotatable bonds is 8. The number of nitrogens with zero attached hydrogens (tertiary/aromatic N) is 1. The predicted octanol–water partition coefficient (Wildman–Crippen LogP) is 2.01. The minimum Gasteiger partial charge on any atom is -0.481 e. The van der Waals surface area contributed by atoms with E-state index in [0.29, 0.717) is 19.0 Å². The second-order valence-corrected chi connectivity index (χ2v) is 5.99. The van der Waals surface area contributed by atoms with Crippen molar-refractivity contribution in [2.24, 2.45) is 0 Å². The van der Waals surface area contributed by atoms with Gasteiger partial charge in [-0.05, 0) is 46.6 Å². The van der Waals surface area contributed by atoms with Gasteiger partial charge in [-0.3, -0.25) is 14.5 Å². The minimum atomic E-state index is -0.781. The van der Waals surface area contributed by atoms with Gasteiger partial charge in [0.2, 0.25) is 5.91 Å². The maximum Gasteiger partial charge on any atom is 0.303 e. The van der Waals surface area contributed by atoms with Crippen LogP contribution in [-0.4, -0.2) is 46.6 Å². The van der Waals surface area contributed by atoms with Crippen molar-refractivity contribution in [1.82, 2.24) is 10.2 Å². The van der Waals surface area contributed by atoms with Crippen molar-refractivity contribution in [3.63, 3.8) is 0 Å². The molecule has 0 aliphatic heterocycles. The molecular formula is C15H28N2O3. The number of carbonyl (C=O) groups excluding carboxylic acids is 1. The van der Waals surface area contributed by atoms with Gasteiger partial charge in [0, 0.05) is 18.5 Å². The van der Waals surface area contributed by atoms with Crippen molar-refractivity contribution >= 4 is 11.9 Å². The number of carboxylic acid groups (broad SMARTS) is 1. The summed E-state index contributed by atoms with van der Waals surface area (Å²) < 4.78 is 0. The fourth-order valence-corrected chi connectivity index (χ4v) is 2.85. The van der Waals surface area contributed by atoms with E-state index in [2.05, 4.69) is 10.2 Å². The van der Waals surface area contributed by atoms with Crippen LogP contribution in [0.1, 0.15) is 59.3 Å². The van der Waals surface area contributed by atoms with Crippen molar-refractivity contribution in [3.05, 3.63) is 0 Å². The molecule has 0 aromatic rings. The summed E-state index contributed by atoms with van der Waals surface area (Å²) in [6.07, 6.45) is 5.30. The highest BCUT2D eigenvalue weighted by Gasteiger charge is 2.26. The Kier molecular flexibility index (Phi) is 6.99. The molecule has 1 rings (SSSR count).